The minimum atomic E-state index is -0.0856. The molecule has 1 saturated heterocycles. The SMILES string of the molecule is C1COC2(O1)C1CC3CC(C1)C2C3. The molecule has 2 heteroatoms. The highest BCUT2D eigenvalue weighted by atomic mass is 16.7. The highest BCUT2D eigenvalue weighted by Gasteiger charge is 2.65. The van der Waals surface area contributed by atoms with Crippen LogP contribution in [0.3, 0.4) is 0 Å². The topological polar surface area (TPSA) is 18.5 Å². The summed E-state index contributed by atoms with van der Waals surface area (Å²) in [6, 6.07) is 0. The van der Waals surface area contributed by atoms with Crippen LogP contribution in [0.25, 0.3) is 0 Å². The van der Waals surface area contributed by atoms with Gasteiger partial charge in [-0.05, 0) is 37.5 Å². The molecule has 0 N–H and O–H groups in total. The van der Waals surface area contributed by atoms with Gasteiger partial charge in [-0.1, -0.05) is 0 Å². The first-order valence-electron chi connectivity index (χ1n) is 5.66. The molecule has 72 valence electrons. The number of hydrogen-bond donors (Lipinski definition) is 0. The molecule has 0 aromatic heterocycles. The van der Waals surface area contributed by atoms with E-state index >= 15 is 0 Å². The van der Waals surface area contributed by atoms with Crippen LogP contribution in [0.2, 0.25) is 0 Å². The maximum atomic E-state index is 5.94. The first kappa shape index (κ1) is 7.24. The van der Waals surface area contributed by atoms with Gasteiger partial charge in [0.1, 0.15) is 0 Å². The van der Waals surface area contributed by atoms with Crippen molar-refractivity contribution in [1.82, 2.24) is 0 Å². The van der Waals surface area contributed by atoms with Crippen molar-refractivity contribution in [3.63, 3.8) is 0 Å². The summed E-state index contributed by atoms with van der Waals surface area (Å²) < 4.78 is 11.9. The maximum Gasteiger partial charge on any atom is 0.174 e. The molecule has 4 aliphatic carbocycles. The monoisotopic (exact) mass is 180 g/mol. The van der Waals surface area contributed by atoms with Gasteiger partial charge in [-0.15, -0.1) is 0 Å². The fourth-order valence-electron chi connectivity index (χ4n) is 4.58. The summed E-state index contributed by atoms with van der Waals surface area (Å²) in [7, 11) is 0. The van der Waals surface area contributed by atoms with Crippen LogP contribution in [0.1, 0.15) is 25.7 Å². The van der Waals surface area contributed by atoms with Gasteiger partial charge < -0.3 is 9.47 Å². The molecular weight excluding hydrogens is 164 g/mol. The Labute approximate surface area is 78.6 Å². The summed E-state index contributed by atoms with van der Waals surface area (Å²) in [5.41, 5.74) is 0. The highest BCUT2D eigenvalue weighted by Crippen LogP contribution is 2.65. The Morgan fingerprint density at radius 3 is 2.54 bits per heavy atom. The molecule has 5 aliphatic rings. The maximum absolute atomic E-state index is 5.94. The van der Waals surface area contributed by atoms with Crippen LogP contribution in [0.15, 0.2) is 0 Å². The van der Waals surface area contributed by atoms with Crippen LogP contribution < -0.4 is 0 Å². The van der Waals surface area contributed by atoms with Crippen molar-refractivity contribution < 1.29 is 9.47 Å². The molecule has 0 amide bonds. The molecule has 1 aliphatic heterocycles. The Balaban J connectivity index is 1.79. The number of ether oxygens (including phenoxy) is 2. The number of hydrogen-bond acceptors (Lipinski definition) is 2. The van der Waals surface area contributed by atoms with Crippen molar-refractivity contribution in [2.24, 2.45) is 23.7 Å². The Bertz CT molecular complexity index is 240. The van der Waals surface area contributed by atoms with E-state index in [1.54, 1.807) is 0 Å². The van der Waals surface area contributed by atoms with E-state index in [0.717, 1.165) is 36.9 Å². The van der Waals surface area contributed by atoms with Gasteiger partial charge in [0.15, 0.2) is 5.79 Å². The Morgan fingerprint density at radius 2 is 1.77 bits per heavy atom. The quantitative estimate of drug-likeness (QED) is 0.566. The molecule has 4 unspecified atom stereocenters. The van der Waals surface area contributed by atoms with Crippen molar-refractivity contribution in [3.05, 3.63) is 0 Å². The van der Waals surface area contributed by atoms with Crippen LogP contribution >= 0.6 is 0 Å². The molecular formula is C11H16O2. The van der Waals surface area contributed by atoms with E-state index in [-0.39, 0.29) is 5.79 Å². The molecule has 1 spiro atoms. The largest absolute Gasteiger partial charge is 0.347 e. The van der Waals surface area contributed by atoms with Crippen molar-refractivity contribution in [3.8, 4) is 0 Å². The van der Waals surface area contributed by atoms with Gasteiger partial charge in [0.25, 0.3) is 0 Å². The fourth-order valence-corrected chi connectivity index (χ4v) is 4.58. The Kier molecular flexibility index (Phi) is 1.18. The zero-order chi connectivity index (χ0) is 8.47. The first-order valence-corrected chi connectivity index (χ1v) is 5.66. The third kappa shape index (κ3) is 0.701. The van der Waals surface area contributed by atoms with E-state index in [4.69, 9.17) is 9.47 Å². The smallest absolute Gasteiger partial charge is 0.174 e. The van der Waals surface area contributed by atoms with Gasteiger partial charge >= 0.3 is 0 Å². The average molecular weight is 180 g/mol. The van der Waals surface area contributed by atoms with Gasteiger partial charge in [0.2, 0.25) is 0 Å². The van der Waals surface area contributed by atoms with E-state index < -0.39 is 0 Å². The first-order chi connectivity index (χ1) is 6.38. The fraction of sp³-hybridized carbons (Fsp3) is 1.00. The van der Waals surface area contributed by atoms with Crippen LogP contribution in [-0.4, -0.2) is 19.0 Å². The van der Waals surface area contributed by atoms with Gasteiger partial charge in [-0.2, -0.15) is 0 Å². The summed E-state index contributed by atoms with van der Waals surface area (Å²) in [6.45, 7) is 1.68. The average Bonchev–Trinajstić information content (AvgIpc) is 2.75. The third-order valence-corrected chi connectivity index (χ3v) is 4.82. The van der Waals surface area contributed by atoms with Crippen LogP contribution in [0.4, 0.5) is 0 Å². The molecule has 13 heavy (non-hydrogen) atoms. The van der Waals surface area contributed by atoms with Gasteiger partial charge in [-0.25, -0.2) is 0 Å². The minimum Gasteiger partial charge on any atom is -0.347 e. The lowest BCUT2D eigenvalue weighted by atomic mass is 9.78. The lowest BCUT2D eigenvalue weighted by molar-refractivity contribution is -0.223. The van der Waals surface area contributed by atoms with Gasteiger partial charge in [-0.3, -0.25) is 0 Å². The molecule has 1 heterocycles. The normalized spacial score (nSPS) is 55.4. The van der Waals surface area contributed by atoms with Crippen LogP contribution in [-0.2, 0) is 9.47 Å². The van der Waals surface area contributed by atoms with Crippen molar-refractivity contribution >= 4 is 0 Å². The summed E-state index contributed by atoms with van der Waals surface area (Å²) in [6.07, 6.45) is 5.63. The second kappa shape index (κ2) is 2.12. The van der Waals surface area contributed by atoms with E-state index in [0.29, 0.717) is 0 Å². The standard InChI is InChI=1S/C11H16O2/c1-2-13-11(12-1)9-4-7-3-8(6-9)10(11)5-7/h7-10H,1-6H2. The van der Waals surface area contributed by atoms with Gasteiger partial charge in [0.05, 0.1) is 13.2 Å². The van der Waals surface area contributed by atoms with Gasteiger partial charge in [0, 0.05) is 11.8 Å². The Morgan fingerprint density at radius 1 is 0.923 bits per heavy atom. The minimum absolute atomic E-state index is 0.0856. The lowest BCUT2D eigenvalue weighted by Gasteiger charge is -2.39. The lowest BCUT2D eigenvalue weighted by Crippen LogP contribution is -2.44. The summed E-state index contributed by atoms with van der Waals surface area (Å²) in [5, 5.41) is 0. The van der Waals surface area contributed by atoms with E-state index in [1.807, 2.05) is 0 Å². The molecule has 0 aromatic rings. The zero-order valence-electron chi connectivity index (χ0n) is 7.87. The molecule has 5 rings (SSSR count). The zero-order valence-corrected chi connectivity index (χ0v) is 7.87. The summed E-state index contributed by atoms with van der Waals surface area (Å²) in [5.74, 6) is 3.39. The van der Waals surface area contributed by atoms with E-state index in [1.165, 1.54) is 25.7 Å². The van der Waals surface area contributed by atoms with E-state index in [9.17, 15) is 0 Å². The Hall–Kier alpha value is -0.0800. The highest BCUT2D eigenvalue weighted by molar-refractivity contribution is 5.09. The molecule has 2 nitrogen and oxygen atoms in total. The molecule has 5 fully saturated rings. The molecule has 0 aromatic carbocycles. The van der Waals surface area contributed by atoms with Crippen molar-refractivity contribution in [2.75, 3.05) is 13.2 Å². The van der Waals surface area contributed by atoms with Crippen molar-refractivity contribution in [1.29, 1.82) is 0 Å². The predicted octanol–water partition coefficient (Wildman–Crippen LogP) is 1.80. The summed E-state index contributed by atoms with van der Waals surface area (Å²) in [4.78, 5) is 0. The predicted molar refractivity (Wildman–Crippen MR) is 47.1 cm³/mol. The van der Waals surface area contributed by atoms with E-state index in [2.05, 4.69) is 0 Å². The third-order valence-electron chi connectivity index (χ3n) is 4.82. The van der Waals surface area contributed by atoms with Crippen LogP contribution in [0, 0.1) is 23.7 Å². The molecule has 0 radical (unpaired) electrons. The van der Waals surface area contributed by atoms with Crippen LogP contribution in [0.5, 0.6) is 0 Å². The molecule has 4 atom stereocenters. The number of rotatable bonds is 0. The second-order valence-electron chi connectivity index (χ2n) is 5.29. The molecule has 4 bridgehead atoms. The molecule has 4 saturated carbocycles. The summed E-state index contributed by atoms with van der Waals surface area (Å²) >= 11 is 0. The van der Waals surface area contributed by atoms with Crippen molar-refractivity contribution in [2.45, 2.75) is 31.5 Å². The second-order valence-corrected chi connectivity index (χ2v) is 5.29.